The highest BCUT2D eigenvalue weighted by molar-refractivity contribution is 7.98. The summed E-state index contributed by atoms with van der Waals surface area (Å²) in [5.41, 5.74) is 2.94. The monoisotopic (exact) mass is 424 g/mol. The van der Waals surface area contributed by atoms with Crippen molar-refractivity contribution in [3.8, 4) is 5.75 Å². The first-order chi connectivity index (χ1) is 14.7. The van der Waals surface area contributed by atoms with Gasteiger partial charge in [0.15, 0.2) is 5.16 Å². The number of carbonyl (C=O) groups excluding carboxylic acids is 1. The van der Waals surface area contributed by atoms with Gasteiger partial charge < -0.3 is 14.2 Å². The number of ether oxygens (including phenoxy) is 1. The molecule has 0 N–H and O–H groups in total. The number of aromatic nitrogens is 3. The molecule has 0 radical (unpaired) electrons. The lowest BCUT2D eigenvalue weighted by Crippen LogP contribution is -2.44. The molecule has 0 bridgehead atoms. The smallest absolute Gasteiger partial charge is 0.242 e. The molecule has 1 unspecified atom stereocenters. The Labute approximate surface area is 181 Å². The Bertz CT molecular complexity index is 1020. The minimum atomic E-state index is 0.174. The number of nitrogens with zero attached hydrogens (tertiary/aromatic N) is 4. The average molecular weight is 425 g/mol. The van der Waals surface area contributed by atoms with Gasteiger partial charge >= 0.3 is 0 Å². The molecule has 1 atom stereocenters. The predicted molar refractivity (Wildman–Crippen MR) is 120 cm³/mol. The minimum absolute atomic E-state index is 0.174. The molecule has 30 heavy (non-hydrogen) atoms. The van der Waals surface area contributed by atoms with Gasteiger partial charge in [0.05, 0.1) is 24.3 Å². The first-order valence-corrected chi connectivity index (χ1v) is 11.5. The molecule has 0 aliphatic carbocycles. The summed E-state index contributed by atoms with van der Waals surface area (Å²) in [6.45, 7) is 3.33. The van der Waals surface area contributed by atoms with E-state index in [0.29, 0.717) is 12.6 Å². The van der Waals surface area contributed by atoms with Crippen LogP contribution in [-0.2, 0) is 17.1 Å². The summed E-state index contributed by atoms with van der Waals surface area (Å²) < 4.78 is 7.36. The lowest BCUT2D eigenvalue weighted by Gasteiger charge is -2.35. The molecule has 2 aromatic heterocycles. The molecule has 1 aromatic carbocycles. The van der Waals surface area contributed by atoms with Crippen molar-refractivity contribution in [1.29, 1.82) is 0 Å². The number of thioether (sulfide) groups is 1. The van der Waals surface area contributed by atoms with Crippen molar-refractivity contribution in [2.45, 2.75) is 56.1 Å². The summed E-state index contributed by atoms with van der Waals surface area (Å²) in [7, 11) is 1.68. The molecule has 0 spiro atoms. The first-order valence-electron chi connectivity index (χ1n) is 10.5. The summed E-state index contributed by atoms with van der Waals surface area (Å²) in [6.07, 6.45) is 7.96. The van der Waals surface area contributed by atoms with E-state index in [1.165, 1.54) is 6.42 Å². The number of fused-ring (bicyclic) bond motifs is 1. The maximum atomic E-state index is 13.2. The van der Waals surface area contributed by atoms with Gasteiger partial charge in [0, 0.05) is 24.5 Å². The van der Waals surface area contributed by atoms with Crippen molar-refractivity contribution >= 4 is 28.7 Å². The fourth-order valence-corrected chi connectivity index (χ4v) is 5.06. The maximum Gasteiger partial charge on any atom is 0.242 e. The van der Waals surface area contributed by atoms with E-state index in [9.17, 15) is 4.79 Å². The fraction of sp³-hybridized carbons (Fsp3) is 0.435. The summed E-state index contributed by atoms with van der Waals surface area (Å²) in [4.78, 5) is 24.4. The van der Waals surface area contributed by atoms with Crippen molar-refractivity contribution in [1.82, 2.24) is 19.4 Å². The van der Waals surface area contributed by atoms with Gasteiger partial charge in [0.1, 0.15) is 12.3 Å². The fourth-order valence-electron chi connectivity index (χ4n) is 4.10. The van der Waals surface area contributed by atoms with E-state index in [1.807, 2.05) is 28.8 Å². The van der Waals surface area contributed by atoms with Gasteiger partial charge in [-0.25, -0.2) is 4.98 Å². The second-order valence-electron chi connectivity index (χ2n) is 7.63. The second-order valence-corrected chi connectivity index (χ2v) is 8.57. The number of piperidine rings is 1. The number of benzene rings is 1. The van der Waals surface area contributed by atoms with Gasteiger partial charge in [-0.1, -0.05) is 30.8 Å². The molecule has 3 heterocycles. The third-order valence-corrected chi connectivity index (χ3v) is 6.78. The zero-order valence-electron chi connectivity index (χ0n) is 17.6. The Kier molecular flexibility index (Phi) is 6.57. The molecule has 3 aromatic rings. The second kappa shape index (κ2) is 9.51. The van der Waals surface area contributed by atoms with E-state index in [2.05, 4.69) is 22.9 Å². The molecular weight excluding hydrogens is 396 g/mol. The molecule has 1 fully saturated rings. The van der Waals surface area contributed by atoms with E-state index in [0.717, 1.165) is 59.1 Å². The van der Waals surface area contributed by atoms with Gasteiger partial charge in [-0.3, -0.25) is 9.78 Å². The lowest BCUT2D eigenvalue weighted by molar-refractivity contribution is -0.135. The SMILES string of the molecule is CCC1CCCCN1C(=O)Cn1c(SCc2cccc(OC)c2)nc2ccncc21. The van der Waals surface area contributed by atoms with E-state index in [1.54, 1.807) is 31.3 Å². The van der Waals surface area contributed by atoms with Crippen molar-refractivity contribution in [2.24, 2.45) is 0 Å². The number of carbonyl (C=O) groups is 1. The predicted octanol–water partition coefficient (Wildman–Crippen LogP) is 4.52. The number of pyridine rings is 1. The van der Waals surface area contributed by atoms with Crippen LogP contribution in [0.2, 0.25) is 0 Å². The number of hydrogen-bond donors (Lipinski definition) is 0. The van der Waals surface area contributed by atoms with Gasteiger partial charge in [-0.05, 0) is 49.4 Å². The molecule has 1 amide bonds. The van der Waals surface area contributed by atoms with Crippen LogP contribution in [0.15, 0.2) is 47.9 Å². The van der Waals surface area contributed by atoms with Gasteiger partial charge in [-0.15, -0.1) is 0 Å². The van der Waals surface area contributed by atoms with E-state index in [-0.39, 0.29) is 5.91 Å². The molecule has 6 nitrogen and oxygen atoms in total. The summed E-state index contributed by atoms with van der Waals surface area (Å²) in [5, 5.41) is 0.847. The summed E-state index contributed by atoms with van der Waals surface area (Å²) in [6, 6.07) is 10.3. The Morgan fingerprint density at radius 1 is 1.30 bits per heavy atom. The zero-order chi connectivity index (χ0) is 20.9. The number of rotatable bonds is 7. The van der Waals surface area contributed by atoms with E-state index >= 15 is 0 Å². The van der Waals surface area contributed by atoms with Gasteiger partial charge in [-0.2, -0.15) is 0 Å². The van der Waals surface area contributed by atoms with Gasteiger partial charge in [0.2, 0.25) is 5.91 Å². The third-order valence-electron chi connectivity index (χ3n) is 5.73. The van der Waals surface area contributed by atoms with Crippen LogP contribution in [0.5, 0.6) is 5.75 Å². The van der Waals surface area contributed by atoms with Crippen molar-refractivity contribution in [3.63, 3.8) is 0 Å². The molecule has 1 saturated heterocycles. The highest BCUT2D eigenvalue weighted by Crippen LogP contribution is 2.28. The molecule has 7 heteroatoms. The van der Waals surface area contributed by atoms with Crippen LogP contribution in [0.4, 0.5) is 0 Å². The van der Waals surface area contributed by atoms with Crippen LogP contribution in [0.25, 0.3) is 11.0 Å². The van der Waals surface area contributed by atoms with Crippen molar-refractivity contribution < 1.29 is 9.53 Å². The van der Waals surface area contributed by atoms with Crippen LogP contribution in [0.1, 0.15) is 38.2 Å². The van der Waals surface area contributed by atoms with Gasteiger partial charge in [0.25, 0.3) is 0 Å². The Morgan fingerprint density at radius 3 is 3.03 bits per heavy atom. The summed E-state index contributed by atoms with van der Waals surface area (Å²) >= 11 is 1.64. The Morgan fingerprint density at radius 2 is 2.20 bits per heavy atom. The van der Waals surface area contributed by atoms with E-state index in [4.69, 9.17) is 9.72 Å². The van der Waals surface area contributed by atoms with Crippen LogP contribution < -0.4 is 4.74 Å². The van der Waals surface area contributed by atoms with Crippen LogP contribution in [-0.4, -0.2) is 45.0 Å². The molecule has 4 rings (SSSR count). The van der Waals surface area contributed by atoms with E-state index < -0.39 is 0 Å². The average Bonchev–Trinajstić information content (AvgIpc) is 3.15. The Balaban J connectivity index is 1.57. The normalized spacial score (nSPS) is 16.7. The lowest BCUT2D eigenvalue weighted by atomic mass is 10.00. The number of hydrogen-bond acceptors (Lipinski definition) is 5. The molecule has 1 aliphatic rings. The van der Waals surface area contributed by atoms with Crippen molar-refractivity contribution in [3.05, 3.63) is 48.3 Å². The largest absolute Gasteiger partial charge is 0.497 e. The zero-order valence-corrected chi connectivity index (χ0v) is 18.4. The highest BCUT2D eigenvalue weighted by Gasteiger charge is 2.26. The third kappa shape index (κ3) is 4.46. The quantitative estimate of drug-likeness (QED) is 0.522. The molecule has 0 saturated carbocycles. The highest BCUT2D eigenvalue weighted by atomic mass is 32.2. The van der Waals surface area contributed by atoms with Crippen LogP contribution in [0.3, 0.4) is 0 Å². The van der Waals surface area contributed by atoms with Crippen LogP contribution in [0, 0.1) is 0 Å². The number of imidazole rings is 1. The first kappa shape index (κ1) is 20.7. The molecule has 158 valence electrons. The summed E-state index contributed by atoms with van der Waals surface area (Å²) in [5.74, 6) is 1.77. The van der Waals surface area contributed by atoms with Crippen LogP contribution >= 0.6 is 11.8 Å². The number of likely N-dealkylation sites (tertiary alicyclic amines) is 1. The topological polar surface area (TPSA) is 60.2 Å². The maximum absolute atomic E-state index is 13.2. The molecular formula is C23H28N4O2S. The number of methoxy groups -OCH3 is 1. The number of amides is 1. The Hall–Kier alpha value is -2.54. The van der Waals surface area contributed by atoms with Crippen molar-refractivity contribution in [2.75, 3.05) is 13.7 Å². The molecule has 1 aliphatic heterocycles. The standard InChI is InChI=1S/C23H28N4O2S/c1-3-18-8-4-5-12-26(18)22(28)15-27-21-14-24-11-10-20(21)25-23(27)30-16-17-7-6-9-19(13-17)29-2/h6-7,9-11,13-14,18H,3-5,8,12,15-16H2,1-2H3. The minimum Gasteiger partial charge on any atom is -0.497 e.